The van der Waals surface area contributed by atoms with Gasteiger partial charge in [-0.25, -0.2) is 9.18 Å². The van der Waals surface area contributed by atoms with E-state index in [1.165, 1.54) is 17.0 Å². The van der Waals surface area contributed by atoms with E-state index in [9.17, 15) is 20.0 Å². The zero-order valence-corrected chi connectivity index (χ0v) is 23.1. The Kier molecular flexibility index (Phi) is 8.27. The van der Waals surface area contributed by atoms with E-state index in [1.807, 2.05) is 6.07 Å². The van der Waals surface area contributed by atoms with Crippen LogP contribution in [0.3, 0.4) is 0 Å². The topological polar surface area (TPSA) is 131 Å². The smallest absolute Gasteiger partial charge is 0.322 e. The van der Waals surface area contributed by atoms with Crippen LogP contribution in [0.5, 0.6) is 0 Å². The highest BCUT2D eigenvalue weighted by molar-refractivity contribution is 6.30. The summed E-state index contributed by atoms with van der Waals surface area (Å²) in [6.45, 7) is -0.0532. The second-order valence-corrected chi connectivity index (χ2v) is 11.3. The van der Waals surface area contributed by atoms with Gasteiger partial charge in [-0.1, -0.05) is 42.6 Å². The Morgan fingerprint density at radius 3 is 2.54 bits per heavy atom. The number of carbonyl (C=O) groups is 2. The summed E-state index contributed by atoms with van der Waals surface area (Å²) in [5.74, 6) is -0.695. The quantitative estimate of drug-likeness (QED) is 0.287. The maximum Gasteiger partial charge on any atom is 0.322 e. The molecule has 212 valence electrons. The van der Waals surface area contributed by atoms with Crippen LogP contribution in [0.15, 0.2) is 66.7 Å². The maximum atomic E-state index is 15.1. The molecule has 5 rings (SSSR count). The summed E-state index contributed by atoms with van der Waals surface area (Å²) in [5, 5.41) is 25.6. The van der Waals surface area contributed by atoms with Crippen LogP contribution in [0.4, 0.5) is 20.6 Å². The number of nitriles is 1. The number of anilines is 2. The van der Waals surface area contributed by atoms with Gasteiger partial charge in [0.05, 0.1) is 29.0 Å². The van der Waals surface area contributed by atoms with Gasteiger partial charge in [-0.15, -0.1) is 0 Å². The Labute approximate surface area is 242 Å². The fraction of sp³-hybridized carbons (Fsp3) is 0.323. The van der Waals surface area contributed by atoms with Gasteiger partial charge in [-0.2, -0.15) is 5.26 Å². The average Bonchev–Trinajstić information content (AvgIpc) is 3.72. The first-order valence-corrected chi connectivity index (χ1v) is 14.0. The Bertz CT molecular complexity index is 1490. The number of nitrogens with zero attached hydrogens (tertiary/aromatic N) is 2. The lowest BCUT2D eigenvalue weighted by atomic mass is 9.79. The van der Waals surface area contributed by atoms with Crippen molar-refractivity contribution in [1.29, 1.82) is 5.26 Å². The highest BCUT2D eigenvalue weighted by atomic mass is 35.5. The predicted octanol–water partition coefficient (Wildman–Crippen LogP) is 5.35. The first kappa shape index (κ1) is 28.6. The number of urea groups is 1. The van der Waals surface area contributed by atoms with Crippen LogP contribution in [0.1, 0.15) is 48.8 Å². The molecular weight excluding hydrogens is 545 g/mol. The van der Waals surface area contributed by atoms with Gasteiger partial charge in [0.1, 0.15) is 11.9 Å². The average molecular weight is 576 g/mol. The highest BCUT2D eigenvalue weighted by Gasteiger charge is 2.40. The van der Waals surface area contributed by atoms with E-state index in [1.54, 1.807) is 48.5 Å². The predicted molar refractivity (Wildman–Crippen MR) is 155 cm³/mol. The van der Waals surface area contributed by atoms with Crippen molar-refractivity contribution in [2.75, 3.05) is 17.2 Å². The molecule has 10 heteroatoms. The summed E-state index contributed by atoms with van der Waals surface area (Å²) >= 11 is 5.91. The number of likely N-dealkylation sites (tertiary alicyclic amines) is 1. The molecule has 3 amide bonds. The zero-order valence-electron chi connectivity index (χ0n) is 22.3. The van der Waals surface area contributed by atoms with Gasteiger partial charge in [0, 0.05) is 23.7 Å². The number of hydrogen-bond donors (Lipinski definition) is 4. The third-order valence-electron chi connectivity index (χ3n) is 7.83. The minimum Gasteiger partial charge on any atom is -0.391 e. The summed E-state index contributed by atoms with van der Waals surface area (Å²) in [6.07, 6.45) is 2.85. The number of aliphatic hydroxyl groups excluding tert-OH is 1. The molecule has 0 radical (unpaired) electrons. The van der Waals surface area contributed by atoms with Crippen molar-refractivity contribution >= 4 is 34.9 Å². The summed E-state index contributed by atoms with van der Waals surface area (Å²) < 4.78 is 15.1. The van der Waals surface area contributed by atoms with E-state index in [-0.39, 0.29) is 18.7 Å². The van der Waals surface area contributed by atoms with Crippen LogP contribution < -0.4 is 16.4 Å². The number of halogens is 2. The third-order valence-corrected chi connectivity index (χ3v) is 8.08. The van der Waals surface area contributed by atoms with E-state index in [2.05, 4.69) is 16.7 Å². The minimum atomic E-state index is -1.02. The lowest BCUT2D eigenvalue weighted by Crippen LogP contribution is -2.45. The van der Waals surface area contributed by atoms with Gasteiger partial charge in [-0.3, -0.25) is 4.79 Å². The Balaban J connectivity index is 1.38. The number of amides is 3. The Morgan fingerprint density at radius 1 is 1.10 bits per heavy atom. The second-order valence-electron chi connectivity index (χ2n) is 10.8. The van der Waals surface area contributed by atoms with E-state index in [0.29, 0.717) is 34.2 Å². The standard InChI is InChI=1S/C31H31ClFN5O3/c32-23-7-9-24(10-8-23)36-30(41)38-18-25(39)16-28(38)29(40)37-27-15-22(6-11-26(27)33)31(35,13-12-19-4-5-19)21-3-1-2-20(14-21)17-34/h1-3,6-11,14-15,19,25,28,39H,4-5,12-13,16,18,35H2,(H,36,41)(H,37,40)/t25-,28+,31?/m0/s1. The number of nitrogens with two attached hydrogens (primary N) is 1. The van der Waals surface area contributed by atoms with Crippen molar-refractivity contribution in [3.63, 3.8) is 0 Å². The van der Waals surface area contributed by atoms with Crippen molar-refractivity contribution in [1.82, 2.24) is 4.90 Å². The van der Waals surface area contributed by atoms with E-state index in [0.717, 1.165) is 24.8 Å². The van der Waals surface area contributed by atoms with E-state index in [4.69, 9.17) is 17.3 Å². The molecule has 2 aliphatic rings. The largest absolute Gasteiger partial charge is 0.391 e. The van der Waals surface area contributed by atoms with Crippen molar-refractivity contribution < 1.29 is 19.1 Å². The number of nitrogens with one attached hydrogen (secondary N) is 2. The molecule has 1 aliphatic heterocycles. The molecule has 0 bridgehead atoms. The van der Waals surface area contributed by atoms with Gasteiger partial charge >= 0.3 is 6.03 Å². The fourth-order valence-corrected chi connectivity index (χ4v) is 5.42. The molecule has 2 fully saturated rings. The molecule has 8 nitrogen and oxygen atoms in total. The van der Waals surface area contributed by atoms with Crippen LogP contribution in [0, 0.1) is 23.1 Å². The van der Waals surface area contributed by atoms with Gasteiger partial charge in [0.2, 0.25) is 5.91 Å². The van der Waals surface area contributed by atoms with Gasteiger partial charge < -0.3 is 26.4 Å². The summed E-state index contributed by atoms with van der Waals surface area (Å²) in [7, 11) is 0. The molecule has 5 N–H and O–H groups in total. The van der Waals surface area contributed by atoms with Gasteiger partial charge in [0.25, 0.3) is 0 Å². The lowest BCUT2D eigenvalue weighted by Gasteiger charge is -2.32. The first-order chi connectivity index (χ1) is 19.7. The van der Waals surface area contributed by atoms with E-state index < -0.39 is 35.4 Å². The highest BCUT2D eigenvalue weighted by Crippen LogP contribution is 2.40. The molecule has 1 unspecified atom stereocenters. The molecule has 3 aromatic carbocycles. The number of hydrogen-bond acceptors (Lipinski definition) is 5. The van der Waals surface area contributed by atoms with Gasteiger partial charge in [0.15, 0.2) is 0 Å². The van der Waals surface area contributed by atoms with Crippen LogP contribution in [0.2, 0.25) is 5.02 Å². The Hall–Kier alpha value is -3.97. The number of benzene rings is 3. The van der Waals surface area contributed by atoms with Gasteiger partial charge in [-0.05, 0) is 78.4 Å². The first-order valence-electron chi connectivity index (χ1n) is 13.6. The molecule has 3 aromatic rings. The summed E-state index contributed by atoms with van der Waals surface area (Å²) in [6, 6.07) is 18.5. The molecule has 41 heavy (non-hydrogen) atoms. The van der Waals surface area contributed by atoms with Crippen LogP contribution in [-0.2, 0) is 10.3 Å². The molecule has 1 saturated carbocycles. The van der Waals surface area contributed by atoms with Crippen molar-refractivity contribution in [2.24, 2.45) is 11.7 Å². The van der Waals surface area contributed by atoms with Crippen LogP contribution >= 0.6 is 11.6 Å². The number of aliphatic hydroxyl groups is 1. The SMILES string of the molecule is N#Cc1cccc(C(N)(CCC2CC2)c2ccc(F)c(NC(=O)[C@H]3C[C@H](O)CN3C(=O)Nc3ccc(Cl)cc3)c2)c1. The summed E-state index contributed by atoms with van der Waals surface area (Å²) in [4.78, 5) is 27.6. The molecule has 1 heterocycles. The second kappa shape index (κ2) is 11.9. The van der Waals surface area contributed by atoms with Crippen molar-refractivity contribution in [2.45, 2.75) is 49.8 Å². The fourth-order valence-electron chi connectivity index (χ4n) is 5.29. The molecule has 0 spiro atoms. The number of β-amino-alcohol motifs (C(OH)–C–C–N with tert-alkyl or cyclic N) is 1. The monoisotopic (exact) mass is 575 g/mol. The van der Waals surface area contributed by atoms with Crippen LogP contribution in [-0.4, -0.2) is 40.6 Å². The molecule has 1 saturated heterocycles. The van der Waals surface area contributed by atoms with E-state index >= 15 is 4.39 Å². The number of rotatable bonds is 8. The van der Waals surface area contributed by atoms with Crippen LogP contribution in [0.25, 0.3) is 0 Å². The molecular formula is C31H31ClFN5O3. The lowest BCUT2D eigenvalue weighted by molar-refractivity contribution is -0.119. The zero-order chi connectivity index (χ0) is 29.1. The maximum absolute atomic E-state index is 15.1. The molecule has 3 atom stereocenters. The van der Waals surface area contributed by atoms with Crippen molar-refractivity contribution in [3.05, 3.63) is 94.3 Å². The number of carbonyl (C=O) groups excluding carboxylic acids is 2. The summed E-state index contributed by atoms with van der Waals surface area (Å²) in [5.41, 5.74) is 8.20. The minimum absolute atomic E-state index is 0.00431. The van der Waals surface area contributed by atoms with Crippen molar-refractivity contribution in [3.8, 4) is 6.07 Å². The third kappa shape index (κ3) is 6.51. The molecule has 0 aromatic heterocycles. The molecule has 1 aliphatic carbocycles. The Morgan fingerprint density at radius 2 is 1.83 bits per heavy atom. The normalized spacial score (nSPS) is 19.7.